The molecule has 0 aromatic rings. The first-order chi connectivity index (χ1) is 11.8. The molecule has 1 unspecified atom stereocenters. The Morgan fingerprint density at radius 2 is 1.46 bits per heavy atom. The molecule has 3 nitrogen and oxygen atoms in total. The van der Waals surface area contributed by atoms with Gasteiger partial charge in [-0.25, -0.2) is 13.7 Å². The van der Waals surface area contributed by atoms with Crippen molar-refractivity contribution in [3.8, 4) is 0 Å². The molecule has 0 bridgehead atoms. The molecule has 1 atom stereocenters. The summed E-state index contributed by atoms with van der Waals surface area (Å²) in [6, 6.07) is 0. The van der Waals surface area contributed by atoms with Crippen LogP contribution in [0.4, 0.5) is 0 Å². The Hall–Kier alpha value is 0.760. The second-order valence-electron chi connectivity index (χ2n) is 8.87. The maximum atomic E-state index is 4.15. The SMILES string of the molecule is C=CS(C)(C)C1CCN(CCN2CCN(S(C)(C)C=C)S2(C)C)S1(C)C. The summed E-state index contributed by atoms with van der Waals surface area (Å²) in [6.45, 7) is 14.4. The molecule has 0 radical (unpaired) electrons. The van der Waals surface area contributed by atoms with Gasteiger partial charge in [0.05, 0.1) is 0 Å². The normalized spacial score (nSPS) is 31.5. The van der Waals surface area contributed by atoms with Gasteiger partial charge in [0.15, 0.2) is 0 Å². The van der Waals surface area contributed by atoms with E-state index >= 15 is 0 Å². The van der Waals surface area contributed by atoms with Crippen molar-refractivity contribution in [3.63, 3.8) is 0 Å². The number of hydrogen-bond acceptors (Lipinski definition) is 3. The molecule has 7 heteroatoms. The molecule has 0 amide bonds. The summed E-state index contributed by atoms with van der Waals surface area (Å²) >= 11 is 0. The van der Waals surface area contributed by atoms with Gasteiger partial charge < -0.3 is 0 Å². The van der Waals surface area contributed by atoms with Gasteiger partial charge in [-0.3, -0.25) is 8.61 Å². The Morgan fingerprint density at radius 1 is 0.885 bits per heavy atom. The van der Waals surface area contributed by atoms with E-state index in [1.165, 1.54) is 39.1 Å². The van der Waals surface area contributed by atoms with E-state index in [-0.39, 0.29) is 0 Å². The highest BCUT2D eigenvalue weighted by molar-refractivity contribution is 8.49. The highest BCUT2D eigenvalue weighted by Crippen LogP contribution is 2.69. The van der Waals surface area contributed by atoms with Crippen LogP contribution in [0.3, 0.4) is 0 Å². The maximum Gasteiger partial charge on any atom is 0.0342 e. The van der Waals surface area contributed by atoms with Crippen molar-refractivity contribution in [2.24, 2.45) is 0 Å². The number of nitrogens with zero attached hydrogens (tertiary/aromatic N) is 3. The van der Waals surface area contributed by atoms with Gasteiger partial charge in [-0.2, -0.15) is 20.4 Å². The van der Waals surface area contributed by atoms with Gasteiger partial charge in [-0.1, -0.05) is 18.6 Å². The van der Waals surface area contributed by atoms with Crippen LogP contribution in [0.2, 0.25) is 0 Å². The van der Waals surface area contributed by atoms with E-state index in [9.17, 15) is 0 Å². The Bertz CT molecular complexity index is 497. The average Bonchev–Trinajstić information content (AvgIpc) is 3.01. The molecule has 2 heterocycles. The fourth-order valence-electron chi connectivity index (χ4n) is 4.42. The fraction of sp³-hybridized carbons (Fsp3) is 0.789. The largest absolute Gasteiger partial charge is 0.266 e. The molecule has 158 valence electrons. The van der Waals surface area contributed by atoms with E-state index < -0.39 is 40.9 Å². The summed E-state index contributed by atoms with van der Waals surface area (Å²) in [7, 11) is -3.13. The van der Waals surface area contributed by atoms with E-state index in [1.54, 1.807) is 0 Å². The van der Waals surface area contributed by atoms with Gasteiger partial charge in [-0.15, -0.1) is 10.4 Å². The lowest BCUT2D eigenvalue weighted by Gasteiger charge is -2.52. The lowest BCUT2D eigenvalue weighted by Crippen LogP contribution is -2.36. The van der Waals surface area contributed by atoms with Crippen molar-refractivity contribution in [1.29, 1.82) is 0 Å². The second kappa shape index (κ2) is 7.88. The Labute approximate surface area is 170 Å². The van der Waals surface area contributed by atoms with Crippen molar-refractivity contribution in [2.75, 3.05) is 82.8 Å². The van der Waals surface area contributed by atoms with Gasteiger partial charge >= 0.3 is 0 Å². The van der Waals surface area contributed by atoms with Crippen LogP contribution in [0.5, 0.6) is 0 Å². The Morgan fingerprint density at radius 3 is 2.00 bits per heavy atom. The highest BCUT2D eigenvalue weighted by Gasteiger charge is 2.44. The molecule has 2 saturated heterocycles. The first-order valence-corrected chi connectivity index (χ1v) is 19.1. The molecular formula is C19H43N3S4. The van der Waals surface area contributed by atoms with Crippen molar-refractivity contribution >= 4 is 40.9 Å². The summed E-state index contributed by atoms with van der Waals surface area (Å²) < 4.78 is 9.22. The lowest BCUT2D eigenvalue weighted by molar-refractivity contribution is 0.406. The zero-order valence-corrected chi connectivity index (χ0v) is 21.6. The smallest absolute Gasteiger partial charge is 0.0342 e. The molecular weight excluding hydrogens is 398 g/mol. The molecule has 0 aliphatic carbocycles. The minimum Gasteiger partial charge on any atom is -0.266 e. The van der Waals surface area contributed by atoms with Crippen molar-refractivity contribution in [1.82, 2.24) is 12.3 Å². The van der Waals surface area contributed by atoms with Crippen LogP contribution in [-0.2, 0) is 0 Å². The molecule has 0 N–H and O–H groups in total. The summed E-state index contributed by atoms with van der Waals surface area (Å²) in [4.78, 5) is 0. The van der Waals surface area contributed by atoms with Gasteiger partial charge in [-0.05, 0) is 61.9 Å². The Balaban J connectivity index is 2.04. The molecule has 0 aromatic carbocycles. The fourth-order valence-corrected chi connectivity index (χ4v) is 19.7. The topological polar surface area (TPSA) is 9.72 Å². The van der Waals surface area contributed by atoms with E-state index in [4.69, 9.17) is 0 Å². The van der Waals surface area contributed by atoms with Crippen LogP contribution in [0.1, 0.15) is 6.42 Å². The van der Waals surface area contributed by atoms with Crippen molar-refractivity contribution < 1.29 is 0 Å². The van der Waals surface area contributed by atoms with E-state index in [2.05, 4.69) is 86.3 Å². The van der Waals surface area contributed by atoms with Gasteiger partial charge in [0.25, 0.3) is 0 Å². The van der Waals surface area contributed by atoms with Crippen LogP contribution in [-0.4, -0.2) is 99.7 Å². The third kappa shape index (κ3) is 4.19. The Kier molecular flexibility index (Phi) is 6.99. The van der Waals surface area contributed by atoms with Crippen molar-refractivity contribution in [3.05, 3.63) is 24.0 Å². The zero-order valence-electron chi connectivity index (χ0n) is 18.4. The average molecular weight is 442 g/mol. The minimum absolute atomic E-state index is 0.695. The minimum atomic E-state index is -0.869. The summed E-state index contributed by atoms with van der Waals surface area (Å²) in [5, 5.41) is 4.46. The molecule has 26 heavy (non-hydrogen) atoms. The standard InChI is InChI=1S/C19H43N3S4/c1-11-23(3,4)19-13-14-20(25(19,7)8)15-16-21-17-18-22(26(21,9)10)24(5,6)12-2/h11-12,19H,1-2,13-18H2,3-10H3. The molecule has 0 saturated carbocycles. The molecule has 2 fully saturated rings. The van der Waals surface area contributed by atoms with E-state index in [0.717, 1.165) is 4.58 Å². The highest BCUT2D eigenvalue weighted by atomic mass is 32.3. The molecule has 0 spiro atoms. The predicted octanol–water partition coefficient (Wildman–Crippen LogP) is 4.84. The van der Waals surface area contributed by atoms with Crippen LogP contribution < -0.4 is 0 Å². The summed E-state index contributed by atoms with van der Waals surface area (Å²) in [6.07, 6.45) is 21.1. The van der Waals surface area contributed by atoms with Crippen LogP contribution in [0.25, 0.3) is 0 Å². The first kappa shape index (κ1) is 23.0. The van der Waals surface area contributed by atoms with E-state index in [0.29, 0.717) is 0 Å². The summed E-state index contributed by atoms with van der Waals surface area (Å²) in [5.41, 5.74) is 0. The quantitative estimate of drug-likeness (QED) is 0.560. The van der Waals surface area contributed by atoms with Gasteiger partial charge in [0.1, 0.15) is 0 Å². The maximum absolute atomic E-state index is 4.15. The zero-order chi connectivity index (χ0) is 20.0. The third-order valence-electron chi connectivity index (χ3n) is 6.22. The van der Waals surface area contributed by atoms with Gasteiger partial charge in [0, 0.05) is 37.3 Å². The predicted molar refractivity (Wildman–Crippen MR) is 136 cm³/mol. The molecule has 0 aromatic heterocycles. The third-order valence-corrected chi connectivity index (χ3v) is 21.9. The summed E-state index contributed by atoms with van der Waals surface area (Å²) in [5.74, 6) is 0. The molecule has 2 aliphatic rings. The lowest BCUT2D eigenvalue weighted by atomic mass is 10.4. The van der Waals surface area contributed by atoms with Crippen LogP contribution in [0, 0.1) is 0 Å². The monoisotopic (exact) mass is 441 g/mol. The molecule has 2 rings (SSSR count). The van der Waals surface area contributed by atoms with Crippen LogP contribution >= 0.6 is 40.9 Å². The number of rotatable bonds is 7. The van der Waals surface area contributed by atoms with Crippen LogP contribution in [0.15, 0.2) is 24.0 Å². The number of hydrogen-bond donors (Lipinski definition) is 0. The van der Waals surface area contributed by atoms with Crippen molar-refractivity contribution in [2.45, 2.75) is 11.0 Å². The second-order valence-corrected chi connectivity index (χ2v) is 23.9. The first-order valence-electron chi connectivity index (χ1n) is 9.24. The van der Waals surface area contributed by atoms with Gasteiger partial charge in [0.2, 0.25) is 0 Å². The molecule has 2 aliphatic heterocycles. The van der Waals surface area contributed by atoms with E-state index in [1.807, 2.05) is 0 Å².